The zero-order valence-electron chi connectivity index (χ0n) is 22.4. The Kier molecular flexibility index (Phi) is 10.2. The molecule has 9 heteroatoms. The maximum Gasteiger partial charge on any atom is 0.223 e. The second-order valence-electron chi connectivity index (χ2n) is 12.0. The molecule has 0 spiro atoms. The Morgan fingerprint density at radius 3 is 2.32 bits per heavy atom. The highest BCUT2D eigenvalue weighted by atomic mass is 35.5. The lowest BCUT2D eigenvalue weighted by Crippen LogP contribution is -2.44. The van der Waals surface area contributed by atoms with Gasteiger partial charge in [-0.25, -0.2) is 0 Å². The first-order chi connectivity index (χ1) is 15.5. The lowest BCUT2D eigenvalue weighted by molar-refractivity contribution is -0.129. The summed E-state index contributed by atoms with van der Waals surface area (Å²) < 4.78 is 18.0. The minimum absolute atomic E-state index is 0.0401. The van der Waals surface area contributed by atoms with Crippen LogP contribution in [0.25, 0.3) is 0 Å². The molecule has 1 aliphatic heterocycles. The van der Waals surface area contributed by atoms with Crippen molar-refractivity contribution >= 4 is 45.5 Å². The first-order valence-electron chi connectivity index (χ1n) is 12.2. The Morgan fingerprint density at radius 2 is 1.74 bits per heavy atom. The van der Waals surface area contributed by atoms with Gasteiger partial charge in [0.05, 0.1) is 16.7 Å². The van der Waals surface area contributed by atoms with E-state index in [9.17, 15) is 4.79 Å². The van der Waals surface area contributed by atoms with E-state index in [1.54, 1.807) is 6.07 Å². The summed E-state index contributed by atoms with van der Waals surface area (Å²) in [5.41, 5.74) is 0.789. The third-order valence-corrected chi connectivity index (χ3v) is 14.2. The first-order valence-corrected chi connectivity index (χ1v) is 19.5. The van der Waals surface area contributed by atoms with Gasteiger partial charge in [0.25, 0.3) is 0 Å². The molecule has 5 nitrogen and oxygen atoms in total. The molecule has 0 radical (unpaired) electrons. The Labute approximate surface area is 218 Å². The summed E-state index contributed by atoms with van der Waals surface area (Å²) in [5, 5.41) is 1.04. The van der Waals surface area contributed by atoms with Crippen molar-refractivity contribution in [3.05, 3.63) is 27.7 Å². The van der Waals surface area contributed by atoms with Gasteiger partial charge in [-0.1, -0.05) is 63.6 Å². The predicted molar refractivity (Wildman–Crippen MR) is 148 cm³/mol. The third-order valence-electron chi connectivity index (χ3n) is 7.15. The number of ether oxygens (including phenoxy) is 2. The Bertz CT molecular complexity index is 853. The van der Waals surface area contributed by atoms with Crippen LogP contribution in [0.5, 0.6) is 5.75 Å². The SMILES string of the molecule is C[C@H]1[C@@H](c2c(OCOCC[Si](C)(C)C)ccc(Cl)c2Cl)CC(=O)N1CCO[Si](C)(C)C(C)(C)C. The molecule has 0 unspecified atom stereocenters. The van der Waals surface area contributed by atoms with E-state index in [1.165, 1.54) is 0 Å². The van der Waals surface area contributed by atoms with Crippen molar-refractivity contribution in [1.82, 2.24) is 4.90 Å². The number of rotatable bonds is 11. The minimum atomic E-state index is -1.87. The van der Waals surface area contributed by atoms with Gasteiger partial charge in [-0.15, -0.1) is 0 Å². The Hall–Kier alpha value is -0.576. The average molecular weight is 549 g/mol. The number of carbonyl (C=O) groups is 1. The van der Waals surface area contributed by atoms with E-state index in [1.807, 2.05) is 11.0 Å². The highest BCUT2D eigenvalue weighted by molar-refractivity contribution is 6.76. The highest BCUT2D eigenvalue weighted by Gasteiger charge is 2.41. The number of halogens is 2. The molecule has 0 N–H and O–H groups in total. The van der Waals surface area contributed by atoms with Crippen LogP contribution in [0.4, 0.5) is 0 Å². The van der Waals surface area contributed by atoms with Crippen molar-refractivity contribution in [3.8, 4) is 5.75 Å². The molecule has 34 heavy (non-hydrogen) atoms. The number of carbonyl (C=O) groups excluding carboxylic acids is 1. The van der Waals surface area contributed by atoms with Gasteiger partial charge in [-0.2, -0.15) is 0 Å². The van der Waals surface area contributed by atoms with Gasteiger partial charge in [-0.3, -0.25) is 4.79 Å². The summed E-state index contributed by atoms with van der Waals surface area (Å²) in [6.45, 7) is 22.0. The molecule has 0 aromatic heterocycles. The second-order valence-corrected chi connectivity index (χ2v) is 23.2. The molecule has 1 aliphatic rings. The molecule has 0 aliphatic carbocycles. The van der Waals surface area contributed by atoms with Crippen LogP contribution in [0.3, 0.4) is 0 Å². The summed E-state index contributed by atoms with van der Waals surface area (Å²) in [5.74, 6) is 0.625. The topological polar surface area (TPSA) is 48.0 Å². The molecular formula is C25H43Cl2NO4Si2. The van der Waals surface area contributed by atoms with Crippen LogP contribution in [-0.4, -0.2) is 59.8 Å². The molecule has 1 aromatic rings. The van der Waals surface area contributed by atoms with E-state index in [-0.39, 0.29) is 29.7 Å². The fraction of sp³-hybridized carbons (Fsp3) is 0.720. The van der Waals surface area contributed by atoms with Gasteiger partial charge in [0.15, 0.2) is 15.1 Å². The maximum absolute atomic E-state index is 13.0. The van der Waals surface area contributed by atoms with E-state index in [0.29, 0.717) is 42.0 Å². The molecule has 1 heterocycles. The molecule has 2 atom stereocenters. The minimum Gasteiger partial charge on any atom is -0.467 e. The quantitative estimate of drug-likeness (QED) is 0.164. The number of hydrogen-bond donors (Lipinski definition) is 0. The average Bonchev–Trinajstić information content (AvgIpc) is 2.96. The van der Waals surface area contributed by atoms with Crippen LogP contribution < -0.4 is 4.74 Å². The van der Waals surface area contributed by atoms with Gasteiger partial charge in [0, 0.05) is 45.2 Å². The van der Waals surface area contributed by atoms with Crippen molar-refractivity contribution in [2.45, 2.75) is 89.9 Å². The zero-order valence-corrected chi connectivity index (χ0v) is 25.9. The number of benzene rings is 1. The van der Waals surface area contributed by atoms with Crippen LogP contribution in [-0.2, 0) is 14.0 Å². The molecule has 1 amide bonds. The lowest BCUT2D eigenvalue weighted by atomic mass is 9.91. The molecular weight excluding hydrogens is 505 g/mol. The van der Waals surface area contributed by atoms with Crippen LogP contribution in [0.2, 0.25) is 53.9 Å². The fourth-order valence-electron chi connectivity index (χ4n) is 3.77. The largest absolute Gasteiger partial charge is 0.467 e. The standard InChI is InChI=1S/C25H43Cl2NO4Si2/c1-18-19(16-22(29)28(18)12-13-32-34(8,9)25(2,3)4)23-21(11-10-20(26)24(23)27)31-17-30-14-15-33(5,6)7/h10-11,18-19H,12-17H2,1-9H3/t18-,19-/m0/s1. The second kappa shape index (κ2) is 11.6. The first kappa shape index (κ1) is 29.7. The Morgan fingerprint density at radius 1 is 1.09 bits per heavy atom. The van der Waals surface area contributed by atoms with Crippen molar-refractivity contribution in [2.75, 3.05) is 26.6 Å². The van der Waals surface area contributed by atoms with Crippen molar-refractivity contribution < 1.29 is 18.7 Å². The van der Waals surface area contributed by atoms with E-state index in [0.717, 1.165) is 11.6 Å². The number of nitrogens with zero attached hydrogens (tertiary/aromatic N) is 1. The van der Waals surface area contributed by atoms with Gasteiger partial charge >= 0.3 is 0 Å². The lowest BCUT2D eigenvalue weighted by Gasteiger charge is -2.37. The van der Waals surface area contributed by atoms with Gasteiger partial charge in [-0.05, 0) is 43.2 Å². The predicted octanol–water partition coefficient (Wildman–Crippen LogP) is 7.41. The molecule has 0 bridgehead atoms. The Balaban J connectivity index is 2.09. The van der Waals surface area contributed by atoms with Crippen molar-refractivity contribution in [3.63, 3.8) is 0 Å². The summed E-state index contributed by atoms with van der Waals surface area (Å²) in [6.07, 6.45) is 0.369. The van der Waals surface area contributed by atoms with Gasteiger partial charge in [0.1, 0.15) is 5.75 Å². The van der Waals surface area contributed by atoms with Gasteiger partial charge in [0.2, 0.25) is 5.91 Å². The summed E-state index contributed by atoms with van der Waals surface area (Å²) in [6, 6.07) is 4.59. The monoisotopic (exact) mass is 547 g/mol. The number of hydrogen-bond acceptors (Lipinski definition) is 4. The van der Waals surface area contributed by atoms with E-state index >= 15 is 0 Å². The summed E-state index contributed by atoms with van der Waals surface area (Å²) >= 11 is 13.0. The van der Waals surface area contributed by atoms with E-state index in [2.05, 4.69) is 60.4 Å². The zero-order chi connectivity index (χ0) is 25.9. The van der Waals surface area contributed by atoms with Crippen LogP contribution in [0.1, 0.15) is 45.6 Å². The van der Waals surface area contributed by atoms with Crippen LogP contribution in [0.15, 0.2) is 12.1 Å². The smallest absolute Gasteiger partial charge is 0.223 e. The molecule has 1 saturated heterocycles. The van der Waals surface area contributed by atoms with E-state index in [4.69, 9.17) is 37.1 Å². The van der Waals surface area contributed by atoms with Crippen molar-refractivity contribution in [2.24, 2.45) is 0 Å². The molecule has 1 aromatic carbocycles. The molecule has 2 rings (SSSR count). The summed E-state index contributed by atoms with van der Waals surface area (Å²) in [7, 11) is -3.03. The normalized spacial score (nSPS) is 19.7. The summed E-state index contributed by atoms with van der Waals surface area (Å²) in [4.78, 5) is 14.9. The maximum atomic E-state index is 13.0. The van der Waals surface area contributed by atoms with Crippen LogP contribution >= 0.6 is 23.2 Å². The molecule has 0 saturated carbocycles. The number of amides is 1. The van der Waals surface area contributed by atoms with E-state index < -0.39 is 16.4 Å². The highest BCUT2D eigenvalue weighted by Crippen LogP contribution is 2.45. The fourth-order valence-corrected chi connectivity index (χ4v) is 6.02. The van der Waals surface area contributed by atoms with Gasteiger partial charge < -0.3 is 18.8 Å². The molecule has 194 valence electrons. The third kappa shape index (κ3) is 7.71. The van der Waals surface area contributed by atoms with Crippen LogP contribution in [0, 0.1) is 0 Å². The molecule has 1 fully saturated rings. The number of likely N-dealkylation sites (tertiary alicyclic amines) is 1. The van der Waals surface area contributed by atoms with Crippen molar-refractivity contribution in [1.29, 1.82) is 0 Å².